The van der Waals surface area contributed by atoms with Gasteiger partial charge in [0.05, 0.1) is 0 Å². The first-order valence-corrected chi connectivity index (χ1v) is 7.82. The zero-order valence-electron chi connectivity index (χ0n) is 10.5. The van der Waals surface area contributed by atoms with Gasteiger partial charge in [0.1, 0.15) is 5.75 Å². The van der Waals surface area contributed by atoms with Gasteiger partial charge in [-0.1, -0.05) is 17.3 Å². The molecule has 0 atom stereocenters. The number of aromatic nitrogens is 2. The van der Waals surface area contributed by atoms with E-state index in [-0.39, 0.29) is 11.6 Å². The third-order valence-electron chi connectivity index (χ3n) is 2.51. The van der Waals surface area contributed by atoms with Crippen LogP contribution >= 0.6 is 0 Å². The molecule has 0 saturated carbocycles. The zero-order valence-corrected chi connectivity index (χ0v) is 11.4. The Hall–Kier alpha value is -1.89. The zero-order chi connectivity index (χ0) is 13.9. The Kier molecular flexibility index (Phi) is 3.84. The van der Waals surface area contributed by atoms with Crippen LogP contribution in [0.15, 0.2) is 28.8 Å². The highest BCUT2D eigenvalue weighted by Gasteiger charge is 2.12. The number of nitrogen functional groups attached to an aromatic ring is 1. The first kappa shape index (κ1) is 13.5. The fourth-order valence-electron chi connectivity index (χ4n) is 1.62. The molecule has 0 aliphatic heterocycles. The molecule has 2 N–H and O–H groups in total. The van der Waals surface area contributed by atoms with Gasteiger partial charge in [-0.3, -0.25) is 0 Å². The molecule has 2 aromatic rings. The summed E-state index contributed by atoms with van der Waals surface area (Å²) in [7, 11) is -3.13. The molecule has 102 valence electrons. The summed E-state index contributed by atoms with van der Waals surface area (Å²) in [5, 5.41) is 3.64. The monoisotopic (exact) mass is 281 g/mol. The van der Waals surface area contributed by atoms with Crippen molar-refractivity contribution in [3.63, 3.8) is 0 Å². The van der Waals surface area contributed by atoms with Gasteiger partial charge in [0.25, 0.3) is 0 Å². The summed E-state index contributed by atoms with van der Waals surface area (Å²) in [6.45, 7) is 0. The van der Waals surface area contributed by atoms with Crippen LogP contribution in [-0.4, -0.2) is 24.8 Å². The first-order valence-electron chi connectivity index (χ1n) is 5.76. The van der Waals surface area contributed by atoms with Crippen LogP contribution in [-0.2, 0) is 28.4 Å². The van der Waals surface area contributed by atoms with Crippen molar-refractivity contribution >= 4 is 15.5 Å². The SMILES string of the molecule is CS(=O)(=O)Cc1noc(CCc2ccc(N)cc2)n1. The minimum absolute atomic E-state index is 0.196. The molecular formula is C12H15N3O3S. The number of benzene rings is 1. The van der Waals surface area contributed by atoms with Gasteiger partial charge < -0.3 is 10.3 Å². The molecule has 6 nitrogen and oxygen atoms in total. The highest BCUT2D eigenvalue weighted by atomic mass is 32.2. The van der Waals surface area contributed by atoms with E-state index >= 15 is 0 Å². The van der Waals surface area contributed by atoms with Gasteiger partial charge in [0, 0.05) is 18.4 Å². The van der Waals surface area contributed by atoms with Crippen molar-refractivity contribution in [1.29, 1.82) is 0 Å². The van der Waals surface area contributed by atoms with Gasteiger partial charge in [-0.2, -0.15) is 4.98 Å². The molecule has 0 amide bonds. The molecule has 0 fully saturated rings. The van der Waals surface area contributed by atoms with Crippen LogP contribution < -0.4 is 5.73 Å². The Morgan fingerprint density at radius 3 is 2.53 bits per heavy atom. The van der Waals surface area contributed by atoms with Gasteiger partial charge in [-0.05, 0) is 24.1 Å². The summed E-state index contributed by atoms with van der Waals surface area (Å²) < 4.78 is 27.2. The quantitative estimate of drug-likeness (QED) is 0.820. The lowest BCUT2D eigenvalue weighted by atomic mass is 10.1. The van der Waals surface area contributed by atoms with E-state index in [9.17, 15) is 8.42 Å². The number of nitrogens with zero attached hydrogens (tertiary/aromatic N) is 2. The lowest BCUT2D eigenvalue weighted by molar-refractivity contribution is 0.374. The molecule has 0 aliphatic carbocycles. The van der Waals surface area contributed by atoms with Gasteiger partial charge in [0.2, 0.25) is 5.89 Å². The van der Waals surface area contributed by atoms with Crippen LogP contribution in [0, 0.1) is 0 Å². The Balaban J connectivity index is 1.95. The molecule has 0 saturated heterocycles. The molecule has 0 radical (unpaired) electrons. The van der Waals surface area contributed by atoms with E-state index in [4.69, 9.17) is 10.3 Å². The summed E-state index contributed by atoms with van der Waals surface area (Å²) in [4.78, 5) is 4.05. The van der Waals surface area contributed by atoms with Crippen molar-refractivity contribution in [3.8, 4) is 0 Å². The average molecular weight is 281 g/mol. The van der Waals surface area contributed by atoms with E-state index in [0.29, 0.717) is 12.3 Å². The highest BCUT2D eigenvalue weighted by Crippen LogP contribution is 2.09. The summed E-state index contributed by atoms with van der Waals surface area (Å²) >= 11 is 0. The van der Waals surface area contributed by atoms with Crippen molar-refractivity contribution in [1.82, 2.24) is 10.1 Å². The lowest BCUT2D eigenvalue weighted by Gasteiger charge is -1.98. The van der Waals surface area contributed by atoms with E-state index in [2.05, 4.69) is 10.1 Å². The van der Waals surface area contributed by atoms with Crippen molar-refractivity contribution in [2.45, 2.75) is 18.6 Å². The largest absolute Gasteiger partial charge is 0.399 e. The molecule has 0 bridgehead atoms. The Morgan fingerprint density at radius 2 is 1.89 bits per heavy atom. The van der Waals surface area contributed by atoms with E-state index < -0.39 is 9.84 Å². The molecule has 0 spiro atoms. The topological polar surface area (TPSA) is 99.1 Å². The van der Waals surface area contributed by atoms with Crippen molar-refractivity contribution in [3.05, 3.63) is 41.5 Å². The number of sulfone groups is 1. The number of hydrogen-bond acceptors (Lipinski definition) is 6. The third kappa shape index (κ3) is 4.36. The summed E-state index contributed by atoms with van der Waals surface area (Å²) in [5.74, 6) is 0.448. The average Bonchev–Trinajstić information content (AvgIpc) is 2.73. The maximum absolute atomic E-state index is 11.1. The number of aryl methyl sites for hydroxylation is 2. The second-order valence-corrected chi connectivity index (χ2v) is 6.56. The van der Waals surface area contributed by atoms with Crippen LogP contribution in [0.5, 0.6) is 0 Å². The first-order chi connectivity index (χ1) is 8.92. The molecule has 1 heterocycles. The normalized spacial score (nSPS) is 11.6. The standard InChI is InChI=1S/C12H15N3O3S/c1-19(16,17)8-11-14-12(18-15-11)7-4-9-2-5-10(13)6-3-9/h2-3,5-6H,4,7-8,13H2,1H3. The van der Waals surface area contributed by atoms with Crippen LogP contribution in [0.1, 0.15) is 17.3 Å². The van der Waals surface area contributed by atoms with Gasteiger partial charge in [0.15, 0.2) is 15.7 Å². The van der Waals surface area contributed by atoms with Crippen molar-refractivity contribution in [2.75, 3.05) is 12.0 Å². The predicted octanol–water partition coefficient (Wildman–Crippen LogP) is 0.982. The third-order valence-corrected chi connectivity index (χ3v) is 3.29. The fraction of sp³-hybridized carbons (Fsp3) is 0.333. The Morgan fingerprint density at radius 1 is 1.21 bits per heavy atom. The summed E-state index contributed by atoms with van der Waals surface area (Å²) in [6.07, 6.45) is 2.44. The molecule has 7 heteroatoms. The molecule has 1 aromatic heterocycles. The van der Waals surface area contributed by atoms with Crippen LogP contribution in [0.3, 0.4) is 0 Å². The minimum Gasteiger partial charge on any atom is -0.399 e. The van der Waals surface area contributed by atoms with E-state index in [1.807, 2.05) is 24.3 Å². The van der Waals surface area contributed by atoms with Gasteiger partial charge in [-0.15, -0.1) is 0 Å². The lowest BCUT2D eigenvalue weighted by Crippen LogP contribution is -2.02. The van der Waals surface area contributed by atoms with Gasteiger partial charge in [-0.25, -0.2) is 8.42 Å². The second-order valence-electron chi connectivity index (χ2n) is 4.42. The molecule has 0 aliphatic rings. The number of nitrogens with two attached hydrogens (primary N) is 1. The smallest absolute Gasteiger partial charge is 0.227 e. The number of anilines is 1. The Labute approximate surface area is 111 Å². The van der Waals surface area contributed by atoms with Crippen LogP contribution in [0.25, 0.3) is 0 Å². The second kappa shape index (κ2) is 5.40. The van der Waals surface area contributed by atoms with Crippen molar-refractivity contribution < 1.29 is 12.9 Å². The highest BCUT2D eigenvalue weighted by molar-refractivity contribution is 7.89. The van der Waals surface area contributed by atoms with E-state index in [0.717, 1.165) is 23.9 Å². The molecule has 2 rings (SSSR count). The minimum atomic E-state index is -3.13. The van der Waals surface area contributed by atoms with Gasteiger partial charge >= 0.3 is 0 Å². The molecule has 19 heavy (non-hydrogen) atoms. The fourth-order valence-corrected chi connectivity index (χ4v) is 2.21. The molecule has 0 unspecified atom stereocenters. The number of rotatable bonds is 5. The summed E-state index contributed by atoms with van der Waals surface area (Å²) in [5.41, 5.74) is 7.43. The Bertz CT molecular complexity index is 647. The predicted molar refractivity (Wildman–Crippen MR) is 71.1 cm³/mol. The van der Waals surface area contributed by atoms with Crippen molar-refractivity contribution in [2.24, 2.45) is 0 Å². The van der Waals surface area contributed by atoms with Crippen LogP contribution in [0.4, 0.5) is 5.69 Å². The number of hydrogen-bond donors (Lipinski definition) is 1. The molecule has 1 aromatic carbocycles. The maximum atomic E-state index is 11.1. The molecular weight excluding hydrogens is 266 g/mol. The van der Waals surface area contributed by atoms with E-state index in [1.165, 1.54) is 0 Å². The van der Waals surface area contributed by atoms with E-state index in [1.54, 1.807) is 0 Å². The summed E-state index contributed by atoms with van der Waals surface area (Å²) in [6, 6.07) is 7.53. The van der Waals surface area contributed by atoms with Crippen LogP contribution in [0.2, 0.25) is 0 Å². The maximum Gasteiger partial charge on any atom is 0.227 e.